The van der Waals surface area contributed by atoms with E-state index in [1.54, 1.807) is 0 Å². The van der Waals surface area contributed by atoms with E-state index < -0.39 is 124 Å². The predicted molar refractivity (Wildman–Crippen MR) is 160 cm³/mol. The fourth-order valence-electron chi connectivity index (χ4n) is 5.12. The van der Waals surface area contributed by atoms with Gasteiger partial charge in [0.15, 0.2) is 12.0 Å². The van der Waals surface area contributed by atoms with Gasteiger partial charge in [0.05, 0.1) is 31.5 Å². The molecule has 11 atom stereocenters. The molecule has 2 fully saturated rings. The molecule has 3 heterocycles. The fraction of sp³-hybridized carbons (Fsp3) is 0.720. The Labute approximate surface area is 277 Å². The van der Waals surface area contributed by atoms with Crippen LogP contribution in [0.25, 0.3) is 0 Å². The molecule has 272 valence electrons. The van der Waals surface area contributed by atoms with Crippen molar-refractivity contribution < 1.29 is 73.0 Å². The van der Waals surface area contributed by atoms with Gasteiger partial charge in [-0.15, -0.1) is 0 Å². The average Bonchev–Trinajstić information content (AvgIpc) is 3.30. The number of amides is 1. The molecule has 0 radical (unpaired) electrons. The molecule has 11 N–H and O–H groups in total. The van der Waals surface area contributed by atoms with Crippen molar-refractivity contribution in [2.45, 2.75) is 80.4 Å². The van der Waals surface area contributed by atoms with Crippen LogP contribution in [0.2, 0.25) is 0 Å². The molecular formula is C25H39N5O16PS-. The van der Waals surface area contributed by atoms with Gasteiger partial charge in [-0.1, -0.05) is 0 Å². The molecule has 0 saturated carbocycles. The second-order valence-electron chi connectivity index (χ2n) is 11.1. The molecule has 0 aromatic carbocycles. The molecule has 2 saturated heterocycles. The minimum atomic E-state index is -5.80. The first-order valence-electron chi connectivity index (χ1n) is 14.5. The third-order valence-corrected chi connectivity index (χ3v) is 8.95. The maximum absolute atomic E-state index is 12.9. The van der Waals surface area contributed by atoms with Crippen molar-refractivity contribution in [1.29, 1.82) is 0 Å². The van der Waals surface area contributed by atoms with Crippen molar-refractivity contribution in [2.75, 3.05) is 31.2 Å². The molecule has 3 rings (SSSR count). The van der Waals surface area contributed by atoms with E-state index in [4.69, 9.17) is 30.0 Å². The molecule has 2 aliphatic rings. The molecule has 0 bridgehead atoms. The number of hydrogen-bond acceptors (Lipinski definition) is 19. The van der Waals surface area contributed by atoms with Crippen molar-refractivity contribution in [1.82, 2.24) is 14.9 Å². The Kier molecular flexibility index (Phi) is 14.0. The summed E-state index contributed by atoms with van der Waals surface area (Å²) < 4.78 is 33.9. The van der Waals surface area contributed by atoms with Gasteiger partial charge in [0.1, 0.15) is 30.2 Å². The second kappa shape index (κ2) is 16.9. The van der Waals surface area contributed by atoms with Gasteiger partial charge in [-0.2, -0.15) is 17.6 Å². The SMILES string of the molecule is NC[C@@H](O)[C@@H](O)C1O[C@](OP(=O)([O-])OC[C@H]2O[C@@H](n3ccc(N)nc3=O)C(O)[C@H]2O)(C(=O)O)C[C@@H](O)[C@H]1CC(=O)CNC(=O)CCCS. The molecule has 0 spiro atoms. The molecule has 1 amide bonds. The topological polar surface area (TPSA) is 349 Å². The number of aliphatic hydroxyl groups excluding tert-OH is 5. The number of carboxylic acid groups (broad SMARTS) is 1. The number of ketones is 1. The summed E-state index contributed by atoms with van der Waals surface area (Å²) in [6.45, 7) is -2.19. The summed E-state index contributed by atoms with van der Waals surface area (Å²) in [6.07, 6.45) is -14.7. The molecule has 21 nitrogen and oxygen atoms in total. The van der Waals surface area contributed by atoms with Crippen LogP contribution in [0.4, 0.5) is 5.82 Å². The number of hydrogen-bond donors (Lipinski definition) is 10. The number of anilines is 1. The van der Waals surface area contributed by atoms with E-state index in [1.165, 1.54) is 6.07 Å². The minimum absolute atomic E-state index is 0.0822. The molecule has 2 aliphatic heterocycles. The monoisotopic (exact) mass is 728 g/mol. The summed E-state index contributed by atoms with van der Waals surface area (Å²) in [5, 5.41) is 65.0. The number of nitrogen functional groups attached to an aromatic ring is 1. The number of aromatic nitrogens is 2. The van der Waals surface area contributed by atoms with Crippen LogP contribution >= 0.6 is 20.5 Å². The fourth-order valence-corrected chi connectivity index (χ4v) is 6.22. The van der Waals surface area contributed by atoms with Crippen LogP contribution < -0.4 is 27.4 Å². The van der Waals surface area contributed by atoms with Gasteiger partial charge in [0, 0.05) is 37.9 Å². The highest BCUT2D eigenvalue weighted by molar-refractivity contribution is 7.80. The number of carbonyl (C=O) groups excluding carboxylic acids is 2. The minimum Gasteiger partial charge on any atom is -0.756 e. The number of aliphatic hydroxyl groups is 5. The van der Waals surface area contributed by atoms with Gasteiger partial charge in [-0.25, -0.2) is 9.59 Å². The van der Waals surface area contributed by atoms with Gasteiger partial charge in [0.25, 0.3) is 13.6 Å². The summed E-state index contributed by atoms with van der Waals surface area (Å²) >= 11 is 3.99. The molecule has 1 aromatic rings. The number of carbonyl (C=O) groups is 3. The van der Waals surface area contributed by atoms with Gasteiger partial charge < -0.3 is 66.3 Å². The number of ether oxygens (including phenoxy) is 2. The Morgan fingerprint density at radius 2 is 1.96 bits per heavy atom. The first kappa shape index (κ1) is 39.9. The van der Waals surface area contributed by atoms with Gasteiger partial charge in [0.2, 0.25) is 5.91 Å². The number of Topliss-reactive ketones (excluding diaryl/α,β-unsaturated/α-hetero) is 1. The number of phosphoric acid groups is 1. The second-order valence-corrected chi connectivity index (χ2v) is 12.9. The normalized spacial score (nSPS) is 31.5. The Morgan fingerprint density at radius 3 is 2.56 bits per heavy atom. The zero-order chi connectivity index (χ0) is 36.0. The Bertz CT molecular complexity index is 1410. The largest absolute Gasteiger partial charge is 0.756 e. The molecule has 1 aromatic heterocycles. The van der Waals surface area contributed by atoms with Crippen LogP contribution in [0.3, 0.4) is 0 Å². The van der Waals surface area contributed by atoms with Crippen molar-refractivity contribution in [3.05, 3.63) is 22.7 Å². The van der Waals surface area contributed by atoms with E-state index in [0.717, 1.165) is 10.8 Å². The maximum atomic E-state index is 12.9. The van der Waals surface area contributed by atoms with E-state index in [9.17, 15) is 59.3 Å². The number of thiol groups is 1. The quantitative estimate of drug-likeness (QED) is 0.0530. The lowest BCUT2D eigenvalue weighted by molar-refractivity contribution is -0.319. The number of nitrogens with one attached hydrogen (secondary N) is 1. The first-order valence-corrected chi connectivity index (χ1v) is 16.6. The average molecular weight is 729 g/mol. The number of aliphatic carboxylic acids is 1. The maximum Gasteiger partial charge on any atom is 0.364 e. The highest BCUT2D eigenvalue weighted by Gasteiger charge is 2.57. The Morgan fingerprint density at radius 1 is 1.27 bits per heavy atom. The molecular weight excluding hydrogens is 689 g/mol. The van der Waals surface area contributed by atoms with Gasteiger partial charge >= 0.3 is 11.7 Å². The van der Waals surface area contributed by atoms with Crippen LogP contribution in [-0.2, 0) is 37.5 Å². The summed E-state index contributed by atoms with van der Waals surface area (Å²) in [6, 6.07) is 1.19. The predicted octanol–water partition coefficient (Wildman–Crippen LogP) is -5.04. The summed E-state index contributed by atoms with van der Waals surface area (Å²) in [5.41, 5.74) is 9.87. The van der Waals surface area contributed by atoms with Crippen LogP contribution in [0.5, 0.6) is 0 Å². The van der Waals surface area contributed by atoms with E-state index >= 15 is 0 Å². The summed E-state index contributed by atoms with van der Waals surface area (Å²) in [4.78, 5) is 65.5. The van der Waals surface area contributed by atoms with Crippen LogP contribution in [-0.4, -0.2) is 132 Å². The number of nitrogens with two attached hydrogens (primary N) is 2. The third kappa shape index (κ3) is 9.78. The Hall–Kier alpha value is -2.57. The number of phosphoric ester groups is 1. The van der Waals surface area contributed by atoms with Gasteiger partial charge in [-0.3, -0.25) is 23.2 Å². The van der Waals surface area contributed by atoms with E-state index in [-0.39, 0.29) is 12.2 Å². The summed E-state index contributed by atoms with van der Waals surface area (Å²) in [7, 11) is -5.80. The van der Waals surface area contributed by atoms with E-state index in [1.807, 2.05) is 0 Å². The highest BCUT2D eigenvalue weighted by atomic mass is 32.1. The number of carboxylic acids is 1. The number of nitrogens with zero attached hydrogens (tertiary/aromatic N) is 2. The Balaban J connectivity index is 1.76. The molecule has 23 heteroatoms. The van der Waals surface area contributed by atoms with E-state index in [0.29, 0.717) is 12.2 Å². The zero-order valence-corrected chi connectivity index (χ0v) is 27.0. The molecule has 3 unspecified atom stereocenters. The van der Waals surface area contributed by atoms with Crippen LogP contribution in [0.1, 0.15) is 31.9 Å². The number of rotatable bonds is 17. The third-order valence-electron chi connectivity index (χ3n) is 7.65. The lowest BCUT2D eigenvalue weighted by Crippen LogP contribution is -2.62. The van der Waals surface area contributed by atoms with Crippen LogP contribution in [0.15, 0.2) is 17.1 Å². The van der Waals surface area contributed by atoms with Gasteiger partial charge in [-0.05, 0) is 18.2 Å². The standard InChI is InChI=1S/C25H40N5O16PS/c26-8-14(33)18(35)21-12(6-11(31)9-28-17(34)2-1-5-48)13(32)7-25(45-21,23(38)39)46-47(41,42)43-10-15-19(36)20(37)22(44-15)30-4-3-16(27)29-24(30)40/h3-4,12-15,18-22,32-33,35-37,48H,1-2,5-10,26H2,(H,28,34)(H,38,39)(H,41,42)(H2,27,29,40)/p-1/t12-,13-,14-,15-,18-,19+,20?,21?,22-,25-/m1/s1. The smallest absolute Gasteiger partial charge is 0.364 e. The van der Waals surface area contributed by atoms with Crippen molar-refractivity contribution in [3.63, 3.8) is 0 Å². The van der Waals surface area contributed by atoms with Crippen LogP contribution in [0, 0.1) is 5.92 Å². The first-order chi connectivity index (χ1) is 22.4. The van der Waals surface area contributed by atoms with Crippen molar-refractivity contribution in [3.8, 4) is 0 Å². The summed E-state index contributed by atoms with van der Waals surface area (Å²) in [5.74, 6) is -7.72. The van der Waals surface area contributed by atoms with Crippen molar-refractivity contribution >= 4 is 43.9 Å². The lowest BCUT2D eigenvalue weighted by atomic mass is 9.80. The zero-order valence-electron chi connectivity index (χ0n) is 25.2. The van der Waals surface area contributed by atoms with Crippen molar-refractivity contribution in [2.24, 2.45) is 11.7 Å². The lowest BCUT2D eigenvalue weighted by Gasteiger charge is -2.47. The highest BCUT2D eigenvalue weighted by Crippen LogP contribution is 2.49. The van der Waals surface area contributed by atoms with E-state index in [2.05, 4.69) is 22.9 Å². The molecule has 48 heavy (non-hydrogen) atoms. The molecule has 0 aliphatic carbocycles.